The molecule has 1 saturated carbocycles. The molecule has 1 aromatic rings. The summed E-state index contributed by atoms with van der Waals surface area (Å²) in [6, 6.07) is 8.05. The van der Waals surface area contributed by atoms with Gasteiger partial charge in [-0.15, -0.1) is 0 Å². The molecular formula is C17H25NO3. The first kappa shape index (κ1) is 15.8. The van der Waals surface area contributed by atoms with Gasteiger partial charge in [-0.3, -0.25) is 10.1 Å². The van der Waals surface area contributed by atoms with Crippen LogP contribution in [0.4, 0.5) is 0 Å². The minimum atomic E-state index is -0.859. The molecule has 21 heavy (non-hydrogen) atoms. The summed E-state index contributed by atoms with van der Waals surface area (Å²) in [5, 5.41) is 12.9. The molecule has 0 radical (unpaired) electrons. The van der Waals surface area contributed by atoms with Gasteiger partial charge in [-0.05, 0) is 52.2 Å². The molecule has 0 saturated heterocycles. The third-order valence-electron chi connectivity index (χ3n) is 4.00. The smallest absolute Gasteiger partial charge is 0.324 e. The van der Waals surface area contributed by atoms with Crippen molar-refractivity contribution >= 4 is 5.97 Å². The van der Waals surface area contributed by atoms with E-state index >= 15 is 0 Å². The van der Waals surface area contributed by atoms with Crippen LogP contribution >= 0.6 is 0 Å². The van der Waals surface area contributed by atoms with E-state index in [0.29, 0.717) is 12.8 Å². The Balaban J connectivity index is 2.08. The van der Waals surface area contributed by atoms with Crippen molar-refractivity contribution in [2.24, 2.45) is 0 Å². The molecule has 4 nitrogen and oxygen atoms in total. The highest BCUT2D eigenvalue weighted by molar-refractivity contribution is 5.79. The zero-order chi connectivity index (χ0) is 15.5. The van der Waals surface area contributed by atoms with Gasteiger partial charge in [0, 0.05) is 12.5 Å². The van der Waals surface area contributed by atoms with Crippen molar-refractivity contribution in [1.82, 2.24) is 5.32 Å². The normalized spacial score (nSPS) is 25.8. The first-order valence-corrected chi connectivity index (χ1v) is 7.66. The number of rotatable bonds is 5. The molecular weight excluding hydrogens is 266 g/mol. The fraction of sp³-hybridized carbons (Fsp3) is 0.588. The van der Waals surface area contributed by atoms with Crippen LogP contribution in [0.5, 0.6) is 5.75 Å². The van der Waals surface area contributed by atoms with Crippen LogP contribution in [0.25, 0.3) is 0 Å². The summed E-state index contributed by atoms with van der Waals surface area (Å²) in [6.07, 6.45) is 2.89. The average Bonchev–Trinajstić information content (AvgIpc) is 2.41. The van der Waals surface area contributed by atoms with E-state index in [4.69, 9.17) is 4.74 Å². The number of nitrogens with one attached hydrogen (secondary N) is 1. The summed E-state index contributed by atoms with van der Waals surface area (Å²) in [4.78, 5) is 11.7. The van der Waals surface area contributed by atoms with Crippen LogP contribution in [0.15, 0.2) is 24.3 Å². The van der Waals surface area contributed by atoms with E-state index < -0.39 is 11.5 Å². The lowest BCUT2D eigenvalue weighted by Gasteiger charge is -2.39. The van der Waals surface area contributed by atoms with Gasteiger partial charge in [-0.1, -0.05) is 17.7 Å². The molecule has 2 N–H and O–H groups in total. The maximum Gasteiger partial charge on any atom is 0.324 e. The molecule has 1 aromatic carbocycles. The van der Waals surface area contributed by atoms with E-state index in [1.165, 1.54) is 5.56 Å². The predicted molar refractivity (Wildman–Crippen MR) is 82.7 cm³/mol. The van der Waals surface area contributed by atoms with Crippen molar-refractivity contribution in [3.05, 3.63) is 29.8 Å². The summed E-state index contributed by atoms with van der Waals surface area (Å²) >= 11 is 0. The monoisotopic (exact) mass is 291 g/mol. The van der Waals surface area contributed by atoms with Gasteiger partial charge >= 0.3 is 5.97 Å². The van der Waals surface area contributed by atoms with Gasteiger partial charge in [0.15, 0.2) is 0 Å². The summed E-state index contributed by atoms with van der Waals surface area (Å²) in [5.74, 6) is 0.0461. The second kappa shape index (κ2) is 6.48. The molecule has 0 aromatic heterocycles. The number of aliphatic carboxylic acids is 1. The number of aryl methyl sites for hydroxylation is 1. The van der Waals surface area contributed by atoms with Gasteiger partial charge in [0.2, 0.25) is 0 Å². The van der Waals surface area contributed by atoms with Crippen molar-refractivity contribution in [2.45, 2.75) is 64.1 Å². The standard InChI is InChI=1S/C17H25NO3/c1-12(2)18-17(16(19)20)10-4-5-15(11-17)21-14-8-6-13(3)7-9-14/h6-9,12,15,18H,4-5,10-11H2,1-3H3,(H,19,20). The third-order valence-corrected chi connectivity index (χ3v) is 4.00. The Morgan fingerprint density at radius 3 is 2.62 bits per heavy atom. The highest BCUT2D eigenvalue weighted by Crippen LogP contribution is 2.32. The number of carboxylic acid groups (broad SMARTS) is 1. The Bertz CT molecular complexity index is 483. The van der Waals surface area contributed by atoms with E-state index in [1.807, 2.05) is 45.0 Å². The van der Waals surface area contributed by atoms with E-state index in [2.05, 4.69) is 5.32 Å². The molecule has 1 aliphatic carbocycles. The second-order valence-electron chi connectivity index (χ2n) is 6.34. The van der Waals surface area contributed by atoms with Crippen LogP contribution in [0, 0.1) is 6.92 Å². The van der Waals surface area contributed by atoms with Gasteiger partial charge in [-0.25, -0.2) is 0 Å². The maximum absolute atomic E-state index is 11.7. The molecule has 2 unspecified atom stereocenters. The van der Waals surface area contributed by atoms with Gasteiger partial charge in [0.1, 0.15) is 17.4 Å². The molecule has 2 atom stereocenters. The van der Waals surface area contributed by atoms with Gasteiger partial charge < -0.3 is 9.84 Å². The number of hydrogen-bond donors (Lipinski definition) is 2. The highest BCUT2D eigenvalue weighted by Gasteiger charge is 2.44. The van der Waals surface area contributed by atoms with Crippen LogP contribution in [0.1, 0.15) is 45.1 Å². The Kier molecular flexibility index (Phi) is 4.88. The first-order valence-electron chi connectivity index (χ1n) is 7.66. The van der Waals surface area contributed by atoms with E-state index in [1.54, 1.807) is 0 Å². The summed E-state index contributed by atoms with van der Waals surface area (Å²) in [6.45, 7) is 6.00. The van der Waals surface area contributed by atoms with Crippen LogP contribution in [-0.4, -0.2) is 28.8 Å². The topological polar surface area (TPSA) is 58.6 Å². The Morgan fingerprint density at radius 1 is 1.38 bits per heavy atom. The Morgan fingerprint density at radius 2 is 2.05 bits per heavy atom. The zero-order valence-electron chi connectivity index (χ0n) is 13.1. The largest absolute Gasteiger partial charge is 0.490 e. The summed E-state index contributed by atoms with van der Waals surface area (Å²) in [7, 11) is 0. The minimum Gasteiger partial charge on any atom is -0.490 e. The van der Waals surface area contributed by atoms with E-state index in [-0.39, 0.29) is 12.1 Å². The summed E-state index contributed by atoms with van der Waals surface area (Å²) < 4.78 is 5.99. The second-order valence-corrected chi connectivity index (χ2v) is 6.34. The fourth-order valence-corrected chi connectivity index (χ4v) is 3.07. The number of benzene rings is 1. The number of hydrogen-bond acceptors (Lipinski definition) is 3. The van der Waals surface area contributed by atoms with Crippen molar-refractivity contribution < 1.29 is 14.6 Å². The lowest BCUT2D eigenvalue weighted by Crippen LogP contribution is -2.58. The van der Waals surface area contributed by atoms with E-state index in [9.17, 15) is 9.90 Å². The van der Waals surface area contributed by atoms with Crippen molar-refractivity contribution in [3.8, 4) is 5.75 Å². The lowest BCUT2D eigenvalue weighted by atomic mass is 9.79. The van der Waals surface area contributed by atoms with Gasteiger partial charge in [0.25, 0.3) is 0 Å². The molecule has 1 aliphatic rings. The minimum absolute atomic E-state index is 0.0520. The molecule has 1 fully saturated rings. The van der Waals surface area contributed by atoms with Gasteiger partial charge in [-0.2, -0.15) is 0 Å². The van der Waals surface area contributed by atoms with Crippen LogP contribution in [0.3, 0.4) is 0 Å². The molecule has 0 spiro atoms. The number of ether oxygens (including phenoxy) is 1. The van der Waals surface area contributed by atoms with Crippen LogP contribution in [-0.2, 0) is 4.79 Å². The fourth-order valence-electron chi connectivity index (χ4n) is 3.07. The van der Waals surface area contributed by atoms with Crippen molar-refractivity contribution in [1.29, 1.82) is 0 Å². The van der Waals surface area contributed by atoms with Crippen molar-refractivity contribution in [2.75, 3.05) is 0 Å². The Labute approximate surface area is 126 Å². The van der Waals surface area contributed by atoms with Gasteiger partial charge in [0.05, 0.1) is 0 Å². The molecule has 4 heteroatoms. The molecule has 116 valence electrons. The summed E-state index contributed by atoms with van der Waals surface area (Å²) in [5.41, 5.74) is 0.328. The third kappa shape index (κ3) is 3.97. The quantitative estimate of drug-likeness (QED) is 0.875. The molecule has 0 aliphatic heterocycles. The zero-order valence-corrected chi connectivity index (χ0v) is 13.1. The highest BCUT2D eigenvalue weighted by atomic mass is 16.5. The molecule has 0 heterocycles. The van der Waals surface area contributed by atoms with Crippen LogP contribution < -0.4 is 10.1 Å². The molecule has 2 rings (SSSR count). The first-order chi connectivity index (χ1) is 9.91. The van der Waals surface area contributed by atoms with E-state index in [0.717, 1.165) is 18.6 Å². The number of carboxylic acids is 1. The van der Waals surface area contributed by atoms with Crippen LogP contribution in [0.2, 0.25) is 0 Å². The lowest BCUT2D eigenvalue weighted by molar-refractivity contribution is -0.148. The van der Waals surface area contributed by atoms with Crippen molar-refractivity contribution in [3.63, 3.8) is 0 Å². The SMILES string of the molecule is Cc1ccc(OC2CCCC(NC(C)C)(C(=O)O)C2)cc1. The predicted octanol–water partition coefficient (Wildman–Crippen LogP) is 3.14. The molecule has 0 amide bonds. The number of carbonyl (C=O) groups is 1. The molecule has 0 bridgehead atoms. The maximum atomic E-state index is 11.7. The average molecular weight is 291 g/mol. The Hall–Kier alpha value is -1.55.